The minimum absolute atomic E-state index is 0.0698. The van der Waals surface area contributed by atoms with Crippen LogP contribution in [0.4, 0.5) is 13.2 Å². The second-order valence-corrected chi connectivity index (χ2v) is 7.00. The third-order valence-electron chi connectivity index (χ3n) is 4.00. The van der Waals surface area contributed by atoms with Crippen LogP contribution >= 0.6 is 0 Å². The standard InChI is InChI=1S/C17H30F3NO4/c1-11(2)10-24-14-7-4-6-13(21)16(22)25-12(3)15(14)23-9-5-8-17(18,19)20/h11-15H,4-10,21H2,1-3H3/t12-,13-,14-,15-/m0/s1. The Kier molecular flexibility index (Phi) is 9.16. The predicted molar refractivity (Wildman–Crippen MR) is 87.0 cm³/mol. The van der Waals surface area contributed by atoms with Crippen LogP contribution in [0.1, 0.15) is 52.9 Å². The molecular formula is C17H30F3NO4. The molecular weight excluding hydrogens is 339 g/mol. The highest BCUT2D eigenvalue weighted by molar-refractivity contribution is 5.75. The molecule has 0 aliphatic carbocycles. The lowest BCUT2D eigenvalue weighted by molar-refractivity contribution is -0.170. The Bertz CT molecular complexity index is 404. The van der Waals surface area contributed by atoms with E-state index in [-0.39, 0.29) is 19.1 Å². The normalized spacial score (nSPS) is 29.0. The van der Waals surface area contributed by atoms with Gasteiger partial charge >= 0.3 is 12.1 Å². The molecule has 0 unspecified atom stereocenters. The summed E-state index contributed by atoms with van der Waals surface area (Å²) in [4.78, 5) is 11.9. The van der Waals surface area contributed by atoms with Crippen LogP contribution in [0, 0.1) is 5.92 Å². The fraction of sp³-hybridized carbons (Fsp3) is 0.941. The van der Waals surface area contributed by atoms with Gasteiger partial charge in [-0.1, -0.05) is 13.8 Å². The highest BCUT2D eigenvalue weighted by Gasteiger charge is 2.34. The first-order valence-corrected chi connectivity index (χ1v) is 8.86. The van der Waals surface area contributed by atoms with Crippen LogP contribution in [-0.4, -0.2) is 49.7 Å². The van der Waals surface area contributed by atoms with E-state index in [0.717, 1.165) is 0 Å². The molecule has 8 heteroatoms. The van der Waals surface area contributed by atoms with Crippen LogP contribution in [-0.2, 0) is 19.0 Å². The number of hydrogen-bond acceptors (Lipinski definition) is 5. The first kappa shape index (κ1) is 22.2. The second-order valence-electron chi connectivity index (χ2n) is 7.00. The molecule has 1 fully saturated rings. The molecule has 1 aliphatic rings. The largest absolute Gasteiger partial charge is 0.459 e. The number of rotatable bonds is 7. The highest BCUT2D eigenvalue weighted by Crippen LogP contribution is 2.24. The van der Waals surface area contributed by atoms with Gasteiger partial charge in [0.05, 0.1) is 6.10 Å². The van der Waals surface area contributed by atoms with Crippen LogP contribution in [0.15, 0.2) is 0 Å². The van der Waals surface area contributed by atoms with Gasteiger partial charge < -0.3 is 19.9 Å². The lowest BCUT2D eigenvalue weighted by Crippen LogP contribution is -2.43. The summed E-state index contributed by atoms with van der Waals surface area (Å²) in [5.74, 6) is -0.209. The van der Waals surface area contributed by atoms with Gasteiger partial charge in [-0.05, 0) is 38.5 Å². The van der Waals surface area contributed by atoms with Gasteiger partial charge in [0.25, 0.3) is 0 Å². The molecule has 0 aromatic carbocycles. The Morgan fingerprint density at radius 2 is 1.96 bits per heavy atom. The Balaban J connectivity index is 2.73. The van der Waals surface area contributed by atoms with Crippen molar-refractivity contribution >= 4 is 5.97 Å². The van der Waals surface area contributed by atoms with Crippen LogP contribution < -0.4 is 5.73 Å². The lowest BCUT2D eigenvalue weighted by Gasteiger charge is -2.31. The third kappa shape index (κ3) is 8.87. The number of carbonyl (C=O) groups is 1. The summed E-state index contributed by atoms with van der Waals surface area (Å²) in [6.07, 6.45) is -5.09. The Morgan fingerprint density at radius 1 is 1.28 bits per heavy atom. The predicted octanol–water partition coefficient (Wildman–Crippen LogP) is 3.20. The fourth-order valence-corrected chi connectivity index (χ4v) is 2.69. The van der Waals surface area contributed by atoms with Crippen molar-refractivity contribution in [3.8, 4) is 0 Å². The first-order valence-electron chi connectivity index (χ1n) is 8.86. The van der Waals surface area contributed by atoms with Crippen molar-refractivity contribution in [1.29, 1.82) is 0 Å². The smallest absolute Gasteiger partial charge is 0.389 e. The maximum atomic E-state index is 12.3. The maximum Gasteiger partial charge on any atom is 0.389 e. The summed E-state index contributed by atoms with van der Waals surface area (Å²) in [6, 6.07) is -0.697. The van der Waals surface area contributed by atoms with Gasteiger partial charge in [0.15, 0.2) is 0 Å². The SMILES string of the molecule is CC(C)CO[C@H]1CCC[C@H](N)C(=O)O[C@@H](C)[C@@H]1OCCCC(F)(F)F. The number of esters is 1. The molecule has 0 aromatic heterocycles. The zero-order chi connectivity index (χ0) is 19.0. The van der Waals surface area contributed by atoms with Gasteiger partial charge in [-0.3, -0.25) is 4.79 Å². The van der Waals surface area contributed by atoms with E-state index >= 15 is 0 Å². The summed E-state index contributed by atoms with van der Waals surface area (Å²) in [5.41, 5.74) is 5.78. The van der Waals surface area contributed by atoms with E-state index in [0.29, 0.717) is 31.8 Å². The molecule has 148 valence electrons. The summed E-state index contributed by atoms with van der Waals surface area (Å²) >= 11 is 0. The number of carbonyl (C=O) groups excluding carboxylic acids is 1. The van der Waals surface area contributed by atoms with Crippen molar-refractivity contribution in [2.75, 3.05) is 13.2 Å². The van der Waals surface area contributed by atoms with Crippen molar-refractivity contribution in [2.45, 2.75) is 83.4 Å². The minimum atomic E-state index is -4.21. The fourth-order valence-electron chi connectivity index (χ4n) is 2.69. The maximum absolute atomic E-state index is 12.3. The van der Waals surface area contributed by atoms with Crippen LogP contribution in [0.25, 0.3) is 0 Å². The van der Waals surface area contributed by atoms with Gasteiger partial charge in [0, 0.05) is 19.6 Å². The first-order chi connectivity index (χ1) is 11.6. The molecule has 4 atom stereocenters. The van der Waals surface area contributed by atoms with Crippen molar-refractivity contribution in [3.05, 3.63) is 0 Å². The van der Waals surface area contributed by atoms with Crippen LogP contribution in [0.2, 0.25) is 0 Å². The molecule has 1 heterocycles. The zero-order valence-electron chi connectivity index (χ0n) is 15.2. The van der Waals surface area contributed by atoms with Crippen molar-refractivity contribution in [3.63, 3.8) is 0 Å². The molecule has 1 saturated heterocycles. The van der Waals surface area contributed by atoms with Gasteiger partial charge in [-0.25, -0.2) is 0 Å². The lowest BCUT2D eigenvalue weighted by atomic mass is 10.0. The molecule has 25 heavy (non-hydrogen) atoms. The molecule has 0 bridgehead atoms. The van der Waals surface area contributed by atoms with Gasteiger partial charge in [-0.2, -0.15) is 13.2 Å². The Hall–Kier alpha value is -0.860. The topological polar surface area (TPSA) is 70.8 Å². The van der Waals surface area contributed by atoms with Crippen LogP contribution in [0.5, 0.6) is 0 Å². The summed E-state index contributed by atoms with van der Waals surface area (Å²) in [5, 5.41) is 0. The second kappa shape index (κ2) is 10.3. The number of nitrogens with two attached hydrogens (primary N) is 1. The minimum Gasteiger partial charge on any atom is -0.459 e. The number of ether oxygens (including phenoxy) is 3. The van der Waals surface area contributed by atoms with Gasteiger partial charge in [0.1, 0.15) is 18.2 Å². The van der Waals surface area contributed by atoms with E-state index in [1.165, 1.54) is 0 Å². The zero-order valence-corrected chi connectivity index (χ0v) is 15.2. The molecule has 1 rings (SSSR count). The number of halogens is 3. The van der Waals surface area contributed by atoms with E-state index in [9.17, 15) is 18.0 Å². The van der Waals surface area contributed by atoms with Gasteiger partial charge in [-0.15, -0.1) is 0 Å². The number of hydrogen-bond donors (Lipinski definition) is 1. The average molecular weight is 369 g/mol. The monoisotopic (exact) mass is 369 g/mol. The van der Waals surface area contributed by atoms with E-state index in [1.54, 1.807) is 6.92 Å². The van der Waals surface area contributed by atoms with Gasteiger partial charge in [0.2, 0.25) is 0 Å². The molecule has 2 N–H and O–H groups in total. The average Bonchev–Trinajstić information content (AvgIpc) is 2.53. The highest BCUT2D eigenvalue weighted by atomic mass is 19.4. The molecule has 0 amide bonds. The van der Waals surface area contributed by atoms with Crippen molar-refractivity contribution in [2.24, 2.45) is 11.7 Å². The number of cyclic esters (lactones) is 1. The summed E-state index contributed by atoms with van der Waals surface area (Å²) in [7, 11) is 0. The van der Waals surface area contributed by atoms with E-state index in [2.05, 4.69) is 0 Å². The van der Waals surface area contributed by atoms with Crippen molar-refractivity contribution in [1.82, 2.24) is 0 Å². The Morgan fingerprint density at radius 3 is 2.56 bits per heavy atom. The Labute approximate surface area is 147 Å². The quantitative estimate of drug-likeness (QED) is 0.551. The molecule has 1 aliphatic heterocycles. The third-order valence-corrected chi connectivity index (χ3v) is 4.00. The summed E-state index contributed by atoms with van der Waals surface area (Å²) in [6.45, 7) is 6.11. The summed E-state index contributed by atoms with van der Waals surface area (Å²) < 4.78 is 53.8. The molecule has 0 radical (unpaired) electrons. The molecule has 5 nitrogen and oxygen atoms in total. The van der Waals surface area contributed by atoms with E-state index in [4.69, 9.17) is 19.9 Å². The van der Waals surface area contributed by atoms with E-state index in [1.807, 2.05) is 13.8 Å². The van der Waals surface area contributed by atoms with Crippen LogP contribution in [0.3, 0.4) is 0 Å². The van der Waals surface area contributed by atoms with Crippen molar-refractivity contribution < 1.29 is 32.2 Å². The molecule has 0 saturated carbocycles. The molecule has 0 aromatic rings. The van der Waals surface area contributed by atoms with E-state index < -0.39 is 36.8 Å². The number of alkyl halides is 3. The molecule has 0 spiro atoms.